The zero-order chi connectivity index (χ0) is 22.2. The molecule has 0 aliphatic carbocycles. The molecule has 2 atom stereocenters. The van der Waals surface area contributed by atoms with Crippen LogP contribution in [0, 0.1) is 13.8 Å². The third-order valence-electron chi connectivity index (χ3n) is 5.65. The van der Waals surface area contributed by atoms with Crippen LogP contribution >= 0.6 is 24.0 Å². The summed E-state index contributed by atoms with van der Waals surface area (Å²) in [5, 5.41) is 15.2. The molecule has 32 heavy (non-hydrogen) atoms. The Labute approximate surface area is 208 Å². The Kier molecular flexibility index (Phi) is 10.7. The fourth-order valence-corrected chi connectivity index (χ4v) is 3.32. The number of hydrogen-bond donors (Lipinski definition) is 2. The van der Waals surface area contributed by atoms with Crippen molar-refractivity contribution in [3.8, 4) is 5.75 Å². The summed E-state index contributed by atoms with van der Waals surface area (Å²) in [7, 11) is 1.97. The van der Waals surface area contributed by atoms with Crippen molar-refractivity contribution in [1.29, 1.82) is 0 Å². The van der Waals surface area contributed by atoms with E-state index in [1.165, 1.54) is 5.56 Å². The molecule has 0 bridgehead atoms. The maximum Gasteiger partial charge on any atom is 0.192 e. The fourth-order valence-electron chi connectivity index (χ4n) is 3.32. The van der Waals surface area contributed by atoms with Gasteiger partial charge in [-0.3, -0.25) is 0 Å². The van der Waals surface area contributed by atoms with Crippen LogP contribution in [0.2, 0.25) is 0 Å². The monoisotopic (exact) mass is 556 g/mol. The van der Waals surface area contributed by atoms with Crippen LogP contribution in [0.3, 0.4) is 0 Å². The Morgan fingerprint density at radius 1 is 1.31 bits per heavy atom. The maximum atomic E-state index is 6.15. The van der Waals surface area contributed by atoms with Gasteiger partial charge < -0.3 is 24.7 Å². The number of ether oxygens (including phenoxy) is 2. The number of hydrogen-bond acceptors (Lipinski definition) is 5. The van der Waals surface area contributed by atoms with E-state index in [9.17, 15) is 0 Å². The molecule has 8 nitrogen and oxygen atoms in total. The molecule has 1 aromatic carbocycles. The first-order valence-corrected chi connectivity index (χ1v) is 11.2. The first-order valence-electron chi connectivity index (χ1n) is 11.2. The van der Waals surface area contributed by atoms with E-state index in [0.717, 1.165) is 61.3 Å². The normalized spacial score (nSPS) is 17.0. The smallest absolute Gasteiger partial charge is 0.192 e. The summed E-state index contributed by atoms with van der Waals surface area (Å²) in [6, 6.07) is 6.29. The molecule has 2 heterocycles. The number of aromatic nitrogens is 3. The average molecular weight is 556 g/mol. The van der Waals surface area contributed by atoms with Gasteiger partial charge in [0.1, 0.15) is 11.6 Å². The number of aryl methyl sites for hydroxylation is 2. The van der Waals surface area contributed by atoms with Crippen LogP contribution in [0.4, 0.5) is 0 Å². The third kappa shape index (κ3) is 7.61. The minimum absolute atomic E-state index is 0. The van der Waals surface area contributed by atoms with Gasteiger partial charge in [-0.2, -0.15) is 0 Å². The number of aliphatic imine (C=N–C) groups is 1. The minimum atomic E-state index is 0. The number of rotatable bonds is 9. The lowest BCUT2D eigenvalue weighted by Gasteiger charge is -2.18. The minimum Gasteiger partial charge on any atom is -0.490 e. The van der Waals surface area contributed by atoms with Crippen LogP contribution < -0.4 is 15.4 Å². The second kappa shape index (κ2) is 13.0. The predicted octanol–water partition coefficient (Wildman–Crippen LogP) is 3.64. The largest absolute Gasteiger partial charge is 0.490 e. The summed E-state index contributed by atoms with van der Waals surface area (Å²) in [4.78, 5) is 4.83. The molecule has 1 fully saturated rings. The number of nitrogens with zero attached hydrogens (tertiary/aromatic N) is 4. The Hall–Kier alpha value is -1.88. The average Bonchev–Trinajstić information content (AvgIpc) is 3.39. The quantitative estimate of drug-likeness (QED) is 0.279. The van der Waals surface area contributed by atoms with Gasteiger partial charge in [0, 0.05) is 25.8 Å². The lowest BCUT2D eigenvalue weighted by Crippen LogP contribution is -2.41. The van der Waals surface area contributed by atoms with Gasteiger partial charge in [-0.1, -0.05) is 19.1 Å². The number of nitrogens with one attached hydrogen (secondary N) is 2. The van der Waals surface area contributed by atoms with Crippen molar-refractivity contribution in [1.82, 2.24) is 25.4 Å². The van der Waals surface area contributed by atoms with E-state index < -0.39 is 0 Å². The summed E-state index contributed by atoms with van der Waals surface area (Å²) >= 11 is 0. The molecular formula is C23H37IN6O2. The van der Waals surface area contributed by atoms with Crippen molar-refractivity contribution in [2.75, 3.05) is 13.2 Å². The van der Waals surface area contributed by atoms with E-state index in [0.29, 0.717) is 13.1 Å². The molecule has 2 unspecified atom stereocenters. The van der Waals surface area contributed by atoms with Crippen molar-refractivity contribution in [3.05, 3.63) is 41.0 Å². The van der Waals surface area contributed by atoms with E-state index in [1.807, 2.05) is 18.5 Å². The molecule has 2 N–H and O–H groups in total. The molecule has 3 rings (SSSR count). The van der Waals surface area contributed by atoms with Crippen molar-refractivity contribution in [2.45, 2.75) is 72.3 Å². The van der Waals surface area contributed by atoms with Gasteiger partial charge in [0.25, 0.3) is 0 Å². The molecule has 1 aliphatic heterocycles. The standard InChI is InChI=1S/C23H36N6O2.HI/c1-6-17(3)31-21-12-16(2)9-10-19(21)13-24-23(25-14-20-8-7-11-30-20)26-15-22-28-27-18(4)29(22)5;/h9-10,12,17,20H,6-8,11,13-15H2,1-5H3,(H2,24,25,26);1H. The first-order chi connectivity index (χ1) is 15.0. The Balaban J connectivity index is 0.00000363. The second-order valence-corrected chi connectivity index (χ2v) is 8.20. The summed E-state index contributed by atoms with van der Waals surface area (Å²) < 4.78 is 13.9. The van der Waals surface area contributed by atoms with Crippen molar-refractivity contribution < 1.29 is 9.47 Å². The van der Waals surface area contributed by atoms with Crippen molar-refractivity contribution >= 4 is 29.9 Å². The van der Waals surface area contributed by atoms with E-state index >= 15 is 0 Å². The summed E-state index contributed by atoms with van der Waals surface area (Å²) in [6.45, 7) is 10.9. The maximum absolute atomic E-state index is 6.15. The van der Waals surface area contributed by atoms with Gasteiger partial charge in [0.2, 0.25) is 0 Å². The van der Waals surface area contributed by atoms with Gasteiger partial charge >= 0.3 is 0 Å². The molecular weight excluding hydrogens is 519 g/mol. The SMILES string of the molecule is CCC(C)Oc1cc(C)ccc1CN=C(NCc1nnc(C)n1C)NCC1CCCO1.I. The van der Waals surface area contributed by atoms with Gasteiger partial charge in [-0.25, -0.2) is 4.99 Å². The van der Waals surface area contributed by atoms with Gasteiger partial charge in [0.05, 0.1) is 25.3 Å². The molecule has 1 aromatic heterocycles. The van der Waals surface area contributed by atoms with Crippen LogP contribution in [-0.4, -0.2) is 46.1 Å². The van der Waals surface area contributed by atoms with Crippen LogP contribution in [0.5, 0.6) is 5.75 Å². The zero-order valence-electron chi connectivity index (χ0n) is 19.9. The highest BCUT2D eigenvalue weighted by atomic mass is 127. The van der Waals surface area contributed by atoms with E-state index in [-0.39, 0.29) is 36.2 Å². The summed E-state index contributed by atoms with van der Waals surface area (Å²) in [5.74, 6) is 3.38. The molecule has 0 radical (unpaired) electrons. The lowest BCUT2D eigenvalue weighted by molar-refractivity contribution is 0.113. The highest BCUT2D eigenvalue weighted by molar-refractivity contribution is 14.0. The van der Waals surface area contributed by atoms with E-state index in [1.54, 1.807) is 0 Å². The van der Waals surface area contributed by atoms with Crippen molar-refractivity contribution in [2.24, 2.45) is 12.0 Å². The molecule has 9 heteroatoms. The van der Waals surface area contributed by atoms with Gasteiger partial charge in [-0.15, -0.1) is 34.2 Å². The fraction of sp³-hybridized carbons (Fsp3) is 0.609. The zero-order valence-corrected chi connectivity index (χ0v) is 22.2. The van der Waals surface area contributed by atoms with E-state index in [4.69, 9.17) is 14.5 Å². The molecule has 0 spiro atoms. The molecule has 178 valence electrons. The number of guanidine groups is 1. The van der Waals surface area contributed by atoms with Gasteiger partial charge in [-0.05, 0) is 51.7 Å². The molecule has 1 aliphatic rings. The Morgan fingerprint density at radius 3 is 2.78 bits per heavy atom. The highest BCUT2D eigenvalue weighted by Crippen LogP contribution is 2.23. The van der Waals surface area contributed by atoms with Crippen LogP contribution in [-0.2, 0) is 24.9 Å². The Bertz CT molecular complexity index is 879. The molecule has 2 aromatic rings. The lowest BCUT2D eigenvalue weighted by atomic mass is 10.1. The molecule has 0 saturated carbocycles. The van der Waals surface area contributed by atoms with Crippen LogP contribution in [0.1, 0.15) is 55.9 Å². The second-order valence-electron chi connectivity index (χ2n) is 8.20. The van der Waals surface area contributed by atoms with Crippen LogP contribution in [0.15, 0.2) is 23.2 Å². The van der Waals surface area contributed by atoms with Gasteiger partial charge in [0.15, 0.2) is 11.8 Å². The molecule has 1 saturated heterocycles. The highest BCUT2D eigenvalue weighted by Gasteiger charge is 2.16. The summed E-state index contributed by atoms with van der Waals surface area (Å²) in [6.07, 6.45) is 3.55. The third-order valence-corrected chi connectivity index (χ3v) is 5.65. The van der Waals surface area contributed by atoms with Crippen molar-refractivity contribution in [3.63, 3.8) is 0 Å². The van der Waals surface area contributed by atoms with Crippen LogP contribution in [0.25, 0.3) is 0 Å². The first kappa shape index (κ1) is 26.4. The Morgan fingerprint density at radius 2 is 2.12 bits per heavy atom. The number of halogens is 1. The predicted molar refractivity (Wildman–Crippen MR) is 138 cm³/mol. The summed E-state index contributed by atoms with van der Waals surface area (Å²) in [5.41, 5.74) is 2.25. The van der Waals surface area contributed by atoms with E-state index in [2.05, 4.69) is 59.8 Å². The topological polar surface area (TPSA) is 85.6 Å². The molecule has 0 amide bonds. The number of benzene rings is 1.